The Morgan fingerprint density at radius 3 is 2.20 bits per heavy atom. The molecule has 0 unspecified atom stereocenters. The minimum atomic E-state index is -0.985. The van der Waals surface area contributed by atoms with E-state index < -0.39 is 12.0 Å². The van der Waals surface area contributed by atoms with Gasteiger partial charge in [0.15, 0.2) is 0 Å². The molecular formula is C12H18N6O2. The monoisotopic (exact) mass is 278 g/mol. The number of carboxylic acid groups (broad SMARTS) is 1. The van der Waals surface area contributed by atoms with Crippen LogP contribution in [0.4, 0.5) is 0 Å². The lowest BCUT2D eigenvalue weighted by Gasteiger charge is -2.21. The molecule has 1 atom stereocenters. The second-order valence-electron chi connectivity index (χ2n) is 4.52. The number of nitrogens with one attached hydrogen (secondary N) is 2. The predicted octanol–water partition coefficient (Wildman–Crippen LogP) is -0.0630. The molecule has 0 fully saturated rings. The number of H-pyrrole nitrogens is 2. The van der Waals surface area contributed by atoms with Gasteiger partial charge in [0.1, 0.15) is 17.7 Å². The van der Waals surface area contributed by atoms with Crippen molar-refractivity contribution < 1.29 is 9.90 Å². The minimum Gasteiger partial charge on any atom is -0.480 e. The fraction of sp³-hybridized carbons (Fsp3) is 0.417. The quantitative estimate of drug-likeness (QED) is 0.536. The zero-order valence-corrected chi connectivity index (χ0v) is 11.0. The van der Waals surface area contributed by atoms with Crippen molar-refractivity contribution in [2.75, 3.05) is 6.54 Å². The standard InChI is InChI=1S/C12H18N6O2/c13-9(12(19)20)1-6-18(7-10-14-2-3-15-10)8-11-16-4-5-17-11/h2-5,9H,1,6-8,13H2,(H,14,15)(H,16,17)(H,19,20)/t9-/m1/s1. The van der Waals surface area contributed by atoms with Gasteiger partial charge in [0.25, 0.3) is 0 Å². The number of carboxylic acids is 1. The summed E-state index contributed by atoms with van der Waals surface area (Å²) >= 11 is 0. The molecule has 2 aromatic rings. The summed E-state index contributed by atoms with van der Waals surface area (Å²) in [7, 11) is 0. The molecule has 0 saturated carbocycles. The molecule has 0 bridgehead atoms. The van der Waals surface area contributed by atoms with Crippen LogP contribution in [0.1, 0.15) is 18.1 Å². The van der Waals surface area contributed by atoms with E-state index in [-0.39, 0.29) is 0 Å². The molecular weight excluding hydrogens is 260 g/mol. The molecule has 0 aliphatic carbocycles. The maximum Gasteiger partial charge on any atom is 0.320 e. The van der Waals surface area contributed by atoms with Crippen LogP contribution in [-0.4, -0.2) is 48.5 Å². The van der Waals surface area contributed by atoms with Crippen LogP contribution < -0.4 is 5.73 Å². The molecule has 0 aliphatic heterocycles. The molecule has 2 heterocycles. The third kappa shape index (κ3) is 4.18. The Hall–Kier alpha value is -2.19. The minimum absolute atomic E-state index is 0.372. The van der Waals surface area contributed by atoms with E-state index in [2.05, 4.69) is 19.9 Å². The van der Waals surface area contributed by atoms with Gasteiger partial charge in [0, 0.05) is 31.3 Å². The first-order valence-corrected chi connectivity index (χ1v) is 6.32. The number of hydrogen-bond acceptors (Lipinski definition) is 5. The lowest BCUT2D eigenvalue weighted by Crippen LogP contribution is -2.35. The van der Waals surface area contributed by atoms with Crippen LogP contribution in [0.25, 0.3) is 0 Å². The Kier molecular flexibility index (Phi) is 4.85. The highest BCUT2D eigenvalue weighted by Crippen LogP contribution is 2.06. The normalized spacial score (nSPS) is 12.7. The van der Waals surface area contributed by atoms with Gasteiger partial charge >= 0.3 is 5.97 Å². The molecule has 0 radical (unpaired) electrons. The summed E-state index contributed by atoms with van der Waals surface area (Å²) in [5.74, 6) is 0.654. The Bertz CT molecular complexity index is 474. The van der Waals surface area contributed by atoms with Gasteiger partial charge < -0.3 is 20.8 Å². The molecule has 5 N–H and O–H groups in total. The summed E-state index contributed by atoms with van der Waals surface area (Å²) in [5, 5.41) is 8.83. The first kappa shape index (κ1) is 14.2. The van der Waals surface area contributed by atoms with E-state index in [1.54, 1.807) is 24.8 Å². The van der Waals surface area contributed by atoms with Crippen molar-refractivity contribution in [1.82, 2.24) is 24.8 Å². The second kappa shape index (κ2) is 6.83. The zero-order valence-electron chi connectivity index (χ0n) is 11.0. The first-order chi connectivity index (χ1) is 9.65. The average Bonchev–Trinajstić information content (AvgIpc) is 3.08. The highest BCUT2D eigenvalue weighted by molar-refractivity contribution is 5.72. The maximum absolute atomic E-state index is 10.8. The fourth-order valence-electron chi connectivity index (χ4n) is 1.85. The molecule has 0 aliphatic rings. The molecule has 2 aromatic heterocycles. The number of nitrogens with two attached hydrogens (primary N) is 1. The van der Waals surface area contributed by atoms with Crippen LogP contribution in [0.2, 0.25) is 0 Å². The van der Waals surface area contributed by atoms with Crippen LogP contribution in [0, 0.1) is 0 Å². The summed E-state index contributed by atoms with van der Waals surface area (Å²) in [5.41, 5.74) is 5.54. The number of nitrogens with zero attached hydrogens (tertiary/aromatic N) is 3. The van der Waals surface area contributed by atoms with Crippen LogP contribution in [0.3, 0.4) is 0 Å². The van der Waals surface area contributed by atoms with E-state index in [0.717, 1.165) is 11.6 Å². The van der Waals surface area contributed by atoms with Crippen molar-refractivity contribution >= 4 is 5.97 Å². The molecule has 0 spiro atoms. The van der Waals surface area contributed by atoms with E-state index in [0.29, 0.717) is 26.1 Å². The van der Waals surface area contributed by atoms with Gasteiger partial charge in [-0.15, -0.1) is 0 Å². The van der Waals surface area contributed by atoms with Gasteiger partial charge in [-0.3, -0.25) is 9.69 Å². The number of aliphatic carboxylic acids is 1. The van der Waals surface area contributed by atoms with E-state index in [1.165, 1.54) is 0 Å². The lowest BCUT2D eigenvalue weighted by molar-refractivity contribution is -0.138. The van der Waals surface area contributed by atoms with Crippen molar-refractivity contribution in [3.05, 3.63) is 36.4 Å². The largest absolute Gasteiger partial charge is 0.480 e. The maximum atomic E-state index is 10.8. The van der Waals surface area contributed by atoms with Gasteiger partial charge in [-0.25, -0.2) is 9.97 Å². The summed E-state index contributed by atoms with van der Waals surface area (Å²) in [6.07, 6.45) is 7.25. The third-order valence-electron chi connectivity index (χ3n) is 2.93. The number of rotatable bonds is 8. The first-order valence-electron chi connectivity index (χ1n) is 6.32. The highest BCUT2D eigenvalue weighted by Gasteiger charge is 2.15. The Morgan fingerprint density at radius 1 is 1.25 bits per heavy atom. The highest BCUT2D eigenvalue weighted by atomic mass is 16.4. The van der Waals surface area contributed by atoms with Crippen molar-refractivity contribution in [1.29, 1.82) is 0 Å². The molecule has 0 saturated heterocycles. The molecule has 2 rings (SSSR count). The number of carbonyl (C=O) groups is 1. The number of aromatic nitrogens is 4. The number of aromatic amines is 2. The van der Waals surface area contributed by atoms with Crippen molar-refractivity contribution in [3.63, 3.8) is 0 Å². The molecule has 108 valence electrons. The van der Waals surface area contributed by atoms with E-state index in [9.17, 15) is 4.79 Å². The van der Waals surface area contributed by atoms with Crippen molar-refractivity contribution in [2.45, 2.75) is 25.6 Å². The van der Waals surface area contributed by atoms with Crippen LogP contribution in [0.15, 0.2) is 24.8 Å². The van der Waals surface area contributed by atoms with E-state index in [4.69, 9.17) is 10.8 Å². The number of hydrogen-bond donors (Lipinski definition) is 4. The summed E-state index contributed by atoms with van der Waals surface area (Å²) < 4.78 is 0. The average molecular weight is 278 g/mol. The summed E-state index contributed by atoms with van der Waals surface area (Å²) in [6, 6.07) is -0.856. The van der Waals surface area contributed by atoms with Gasteiger partial charge in [-0.2, -0.15) is 0 Å². The second-order valence-corrected chi connectivity index (χ2v) is 4.52. The lowest BCUT2D eigenvalue weighted by atomic mass is 10.2. The number of imidazole rings is 2. The Labute approximate surface area is 116 Å². The molecule has 8 heteroatoms. The Morgan fingerprint density at radius 2 is 1.80 bits per heavy atom. The van der Waals surface area contributed by atoms with Crippen LogP contribution in [0.5, 0.6) is 0 Å². The van der Waals surface area contributed by atoms with Crippen molar-refractivity contribution in [3.8, 4) is 0 Å². The van der Waals surface area contributed by atoms with Crippen molar-refractivity contribution in [2.24, 2.45) is 5.73 Å². The third-order valence-corrected chi connectivity index (χ3v) is 2.93. The van der Waals surface area contributed by atoms with E-state index in [1.807, 2.05) is 4.90 Å². The zero-order chi connectivity index (χ0) is 14.4. The van der Waals surface area contributed by atoms with Gasteiger partial charge in [-0.1, -0.05) is 0 Å². The van der Waals surface area contributed by atoms with Gasteiger partial charge in [-0.05, 0) is 6.42 Å². The topological polar surface area (TPSA) is 124 Å². The fourth-order valence-corrected chi connectivity index (χ4v) is 1.85. The van der Waals surface area contributed by atoms with Gasteiger partial charge in [0.05, 0.1) is 13.1 Å². The predicted molar refractivity (Wildman–Crippen MR) is 71.5 cm³/mol. The van der Waals surface area contributed by atoms with Gasteiger partial charge in [0.2, 0.25) is 0 Å². The molecule has 0 amide bonds. The smallest absolute Gasteiger partial charge is 0.320 e. The van der Waals surface area contributed by atoms with Crippen LogP contribution >= 0.6 is 0 Å². The van der Waals surface area contributed by atoms with Crippen LogP contribution in [-0.2, 0) is 17.9 Å². The molecule has 8 nitrogen and oxygen atoms in total. The molecule has 0 aromatic carbocycles. The van der Waals surface area contributed by atoms with E-state index >= 15 is 0 Å². The summed E-state index contributed by atoms with van der Waals surface area (Å²) in [4.78, 5) is 27.2. The molecule has 20 heavy (non-hydrogen) atoms. The SMILES string of the molecule is N[C@H](CCN(Cc1ncc[nH]1)Cc1ncc[nH]1)C(=O)O. The Balaban J connectivity index is 1.94. The summed E-state index contributed by atoms with van der Waals surface area (Å²) in [6.45, 7) is 1.72.